The standard InChI is InChI=1S/C16H20O3/c1-4-5-11-13-14(12-9-7-6-8-10-12)15(17)16(13,18-2)19-3/h6-10H,4-5,11H2,1-3H3. The van der Waals surface area contributed by atoms with Gasteiger partial charge in [0.2, 0.25) is 5.78 Å². The Morgan fingerprint density at radius 3 is 2.26 bits per heavy atom. The monoisotopic (exact) mass is 260 g/mol. The minimum atomic E-state index is -1.15. The number of hydrogen-bond donors (Lipinski definition) is 0. The van der Waals surface area contributed by atoms with Crippen LogP contribution in [-0.2, 0) is 14.3 Å². The molecular weight excluding hydrogens is 240 g/mol. The summed E-state index contributed by atoms with van der Waals surface area (Å²) in [4.78, 5) is 12.4. The van der Waals surface area contributed by atoms with E-state index < -0.39 is 5.79 Å². The van der Waals surface area contributed by atoms with Crippen LogP contribution in [0.4, 0.5) is 0 Å². The van der Waals surface area contributed by atoms with Gasteiger partial charge in [0.05, 0.1) is 0 Å². The molecular formula is C16H20O3. The summed E-state index contributed by atoms with van der Waals surface area (Å²) in [6.45, 7) is 2.13. The Kier molecular flexibility index (Phi) is 4.17. The lowest BCUT2D eigenvalue weighted by Gasteiger charge is -2.41. The van der Waals surface area contributed by atoms with Gasteiger partial charge in [-0.15, -0.1) is 0 Å². The molecule has 0 unspecified atom stereocenters. The molecule has 0 heterocycles. The number of ether oxygens (including phenoxy) is 2. The third-order valence-corrected chi connectivity index (χ3v) is 3.64. The van der Waals surface area contributed by atoms with Crippen molar-refractivity contribution in [3.05, 3.63) is 41.5 Å². The predicted molar refractivity (Wildman–Crippen MR) is 74.6 cm³/mol. The normalized spacial score (nSPS) is 17.5. The van der Waals surface area contributed by atoms with Gasteiger partial charge in [0.15, 0.2) is 0 Å². The molecule has 102 valence electrons. The summed E-state index contributed by atoms with van der Waals surface area (Å²) < 4.78 is 10.7. The van der Waals surface area contributed by atoms with Crippen molar-refractivity contribution in [3.8, 4) is 0 Å². The maximum absolute atomic E-state index is 12.4. The number of hydrogen-bond acceptors (Lipinski definition) is 3. The minimum absolute atomic E-state index is 0.0743. The molecule has 1 aliphatic carbocycles. The highest BCUT2D eigenvalue weighted by atomic mass is 16.7. The molecule has 19 heavy (non-hydrogen) atoms. The molecule has 0 fully saturated rings. The van der Waals surface area contributed by atoms with Crippen molar-refractivity contribution in [1.29, 1.82) is 0 Å². The van der Waals surface area contributed by atoms with Crippen molar-refractivity contribution in [1.82, 2.24) is 0 Å². The molecule has 0 aliphatic heterocycles. The van der Waals surface area contributed by atoms with Gasteiger partial charge in [0, 0.05) is 25.4 Å². The van der Waals surface area contributed by atoms with E-state index in [2.05, 4.69) is 6.92 Å². The van der Waals surface area contributed by atoms with Gasteiger partial charge in [0.25, 0.3) is 5.79 Å². The average molecular weight is 260 g/mol. The summed E-state index contributed by atoms with van der Waals surface area (Å²) in [5.74, 6) is -1.23. The molecule has 0 N–H and O–H groups in total. The largest absolute Gasteiger partial charge is 0.343 e. The predicted octanol–water partition coefficient (Wildman–Crippen LogP) is 3.20. The Labute approximate surface area is 114 Å². The van der Waals surface area contributed by atoms with Crippen molar-refractivity contribution in [2.24, 2.45) is 0 Å². The Bertz CT molecular complexity index is 484. The van der Waals surface area contributed by atoms with Gasteiger partial charge >= 0.3 is 0 Å². The summed E-state index contributed by atoms with van der Waals surface area (Å²) in [6.07, 6.45) is 2.92. The molecule has 0 bridgehead atoms. The smallest absolute Gasteiger partial charge is 0.257 e. The van der Waals surface area contributed by atoms with E-state index in [0.29, 0.717) is 0 Å². The summed E-state index contributed by atoms with van der Waals surface area (Å²) >= 11 is 0. The average Bonchev–Trinajstić information content (AvgIpc) is 2.46. The summed E-state index contributed by atoms with van der Waals surface area (Å²) in [5.41, 5.74) is 2.68. The number of ketones is 1. The highest BCUT2D eigenvalue weighted by molar-refractivity contribution is 6.33. The lowest BCUT2D eigenvalue weighted by molar-refractivity contribution is -0.192. The third kappa shape index (κ3) is 2.13. The molecule has 0 amide bonds. The fraction of sp³-hybridized carbons (Fsp3) is 0.438. The topological polar surface area (TPSA) is 35.5 Å². The van der Waals surface area contributed by atoms with Gasteiger partial charge in [-0.3, -0.25) is 4.79 Å². The van der Waals surface area contributed by atoms with E-state index in [4.69, 9.17) is 9.47 Å². The van der Waals surface area contributed by atoms with Crippen molar-refractivity contribution >= 4 is 11.4 Å². The molecule has 3 nitrogen and oxygen atoms in total. The zero-order chi connectivity index (χ0) is 13.9. The van der Waals surface area contributed by atoms with Gasteiger partial charge in [-0.05, 0) is 18.4 Å². The molecule has 2 rings (SSSR count). The number of benzene rings is 1. The van der Waals surface area contributed by atoms with E-state index in [1.165, 1.54) is 14.2 Å². The number of rotatable bonds is 6. The van der Waals surface area contributed by atoms with Gasteiger partial charge in [-0.1, -0.05) is 43.7 Å². The van der Waals surface area contributed by atoms with E-state index in [-0.39, 0.29) is 5.78 Å². The van der Waals surface area contributed by atoms with E-state index in [0.717, 1.165) is 36.0 Å². The van der Waals surface area contributed by atoms with Crippen LogP contribution < -0.4 is 0 Å². The van der Waals surface area contributed by atoms with Crippen LogP contribution in [0.15, 0.2) is 35.9 Å². The van der Waals surface area contributed by atoms with Crippen LogP contribution >= 0.6 is 0 Å². The fourth-order valence-electron chi connectivity index (χ4n) is 2.61. The quantitative estimate of drug-likeness (QED) is 0.737. The SMILES string of the molecule is CCCCC1=C(c2ccccc2)C(=O)C1(OC)OC. The zero-order valence-electron chi connectivity index (χ0n) is 11.7. The van der Waals surface area contributed by atoms with Crippen molar-refractivity contribution in [2.75, 3.05) is 14.2 Å². The lowest BCUT2D eigenvalue weighted by atomic mass is 9.74. The Morgan fingerprint density at radius 2 is 1.74 bits per heavy atom. The van der Waals surface area contributed by atoms with E-state index in [1.54, 1.807) is 0 Å². The van der Waals surface area contributed by atoms with Gasteiger partial charge in [-0.2, -0.15) is 0 Å². The van der Waals surface area contributed by atoms with E-state index in [1.807, 2.05) is 30.3 Å². The van der Waals surface area contributed by atoms with Crippen LogP contribution in [0.5, 0.6) is 0 Å². The van der Waals surface area contributed by atoms with E-state index >= 15 is 0 Å². The molecule has 1 aromatic rings. The van der Waals surface area contributed by atoms with E-state index in [9.17, 15) is 4.79 Å². The molecule has 0 atom stereocenters. The molecule has 3 heteroatoms. The van der Waals surface area contributed by atoms with Gasteiger partial charge in [0.1, 0.15) is 0 Å². The van der Waals surface area contributed by atoms with Gasteiger partial charge in [-0.25, -0.2) is 0 Å². The third-order valence-electron chi connectivity index (χ3n) is 3.64. The highest BCUT2D eigenvalue weighted by Gasteiger charge is 2.54. The number of Topliss-reactive ketones (excluding diaryl/α,β-unsaturated/α-hetero) is 1. The molecule has 1 aromatic carbocycles. The number of carbonyl (C=O) groups excluding carboxylic acids is 1. The summed E-state index contributed by atoms with van der Waals surface area (Å²) in [6, 6.07) is 9.72. The first-order valence-electron chi connectivity index (χ1n) is 6.65. The zero-order valence-corrected chi connectivity index (χ0v) is 11.7. The van der Waals surface area contributed by atoms with Crippen LogP contribution in [0.25, 0.3) is 5.57 Å². The highest BCUT2D eigenvalue weighted by Crippen LogP contribution is 2.46. The minimum Gasteiger partial charge on any atom is -0.343 e. The van der Waals surface area contributed by atoms with Crippen molar-refractivity contribution < 1.29 is 14.3 Å². The van der Waals surface area contributed by atoms with Crippen LogP contribution in [0.2, 0.25) is 0 Å². The molecule has 0 saturated carbocycles. The molecule has 0 saturated heterocycles. The number of methoxy groups -OCH3 is 2. The van der Waals surface area contributed by atoms with Crippen LogP contribution in [-0.4, -0.2) is 25.8 Å². The molecule has 1 aliphatic rings. The van der Waals surface area contributed by atoms with Crippen molar-refractivity contribution in [3.63, 3.8) is 0 Å². The summed E-state index contributed by atoms with van der Waals surface area (Å²) in [5, 5.41) is 0. The lowest BCUT2D eigenvalue weighted by Crippen LogP contribution is -2.53. The summed E-state index contributed by atoms with van der Waals surface area (Å²) in [7, 11) is 3.05. The maximum atomic E-state index is 12.4. The molecule has 0 aromatic heterocycles. The van der Waals surface area contributed by atoms with Crippen LogP contribution in [0.1, 0.15) is 31.7 Å². The fourth-order valence-corrected chi connectivity index (χ4v) is 2.61. The second kappa shape index (κ2) is 5.68. The number of carbonyl (C=O) groups is 1. The Morgan fingerprint density at radius 1 is 1.11 bits per heavy atom. The Balaban J connectivity index is 2.45. The van der Waals surface area contributed by atoms with Gasteiger partial charge < -0.3 is 9.47 Å². The first-order valence-corrected chi connectivity index (χ1v) is 6.65. The first kappa shape index (κ1) is 14.0. The van der Waals surface area contributed by atoms with Crippen LogP contribution in [0, 0.1) is 0 Å². The van der Waals surface area contributed by atoms with Crippen molar-refractivity contribution in [2.45, 2.75) is 32.0 Å². The second-order valence-electron chi connectivity index (χ2n) is 4.68. The van der Waals surface area contributed by atoms with Crippen LogP contribution in [0.3, 0.4) is 0 Å². The molecule has 0 radical (unpaired) electrons. The Hall–Kier alpha value is -1.45. The second-order valence-corrected chi connectivity index (χ2v) is 4.68. The molecule has 0 spiro atoms. The number of unbranched alkanes of at least 4 members (excludes halogenated alkanes) is 1. The maximum Gasteiger partial charge on any atom is 0.257 e. The first-order chi connectivity index (χ1) is 9.21.